The molecule has 0 spiro atoms. The van der Waals surface area contributed by atoms with Crippen LogP contribution in [-0.2, 0) is 10.2 Å². The number of aromatic hydroxyl groups is 1. The first-order chi connectivity index (χ1) is 7.87. The second-order valence-electron chi connectivity index (χ2n) is 5.21. The van der Waals surface area contributed by atoms with Crippen molar-refractivity contribution in [3.05, 3.63) is 28.3 Å². The van der Waals surface area contributed by atoms with Crippen LogP contribution in [0.4, 0.5) is 0 Å². The first kappa shape index (κ1) is 12.0. The molecule has 1 aliphatic rings. The molecule has 1 aliphatic carbocycles. The van der Waals surface area contributed by atoms with E-state index in [0.29, 0.717) is 5.75 Å². The van der Waals surface area contributed by atoms with E-state index >= 15 is 0 Å². The summed E-state index contributed by atoms with van der Waals surface area (Å²) in [5.74, 6) is -0.499. The molecule has 3 heteroatoms. The summed E-state index contributed by atoms with van der Waals surface area (Å²) in [6, 6.07) is 2.03. The molecule has 1 saturated carbocycles. The van der Waals surface area contributed by atoms with Crippen molar-refractivity contribution in [2.75, 3.05) is 0 Å². The van der Waals surface area contributed by atoms with Crippen molar-refractivity contribution in [2.24, 2.45) is 0 Å². The van der Waals surface area contributed by atoms with Crippen LogP contribution in [0, 0.1) is 20.8 Å². The minimum absolute atomic E-state index is 0.115. The number of aryl methyl sites for hydroxylation is 2. The SMILES string of the molecule is Cc1cc(C)c(C2(CC(=O)O)CC2)c(O)c1C. The molecule has 1 fully saturated rings. The van der Waals surface area contributed by atoms with Crippen LogP contribution in [0.15, 0.2) is 6.07 Å². The minimum atomic E-state index is -0.792. The maximum atomic E-state index is 10.9. The van der Waals surface area contributed by atoms with Gasteiger partial charge in [-0.25, -0.2) is 0 Å². The van der Waals surface area contributed by atoms with Gasteiger partial charge in [0.05, 0.1) is 6.42 Å². The molecule has 0 unspecified atom stereocenters. The summed E-state index contributed by atoms with van der Waals surface area (Å²) in [7, 11) is 0. The van der Waals surface area contributed by atoms with Crippen molar-refractivity contribution in [2.45, 2.75) is 45.4 Å². The number of carboxylic acid groups (broad SMARTS) is 1. The normalized spacial score (nSPS) is 16.9. The highest BCUT2D eigenvalue weighted by atomic mass is 16.4. The number of carbonyl (C=O) groups is 1. The number of rotatable bonds is 3. The van der Waals surface area contributed by atoms with Gasteiger partial charge >= 0.3 is 5.97 Å². The molecule has 1 aromatic rings. The Morgan fingerprint density at radius 2 is 1.88 bits per heavy atom. The zero-order chi connectivity index (χ0) is 12.8. The molecule has 2 rings (SSSR count). The summed E-state index contributed by atoms with van der Waals surface area (Å²) in [5.41, 5.74) is 3.45. The average Bonchev–Trinajstić information content (AvgIpc) is 2.94. The Bertz CT molecular complexity index is 485. The van der Waals surface area contributed by atoms with Crippen LogP contribution in [0.5, 0.6) is 5.75 Å². The summed E-state index contributed by atoms with van der Waals surface area (Å²) in [5, 5.41) is 19.2. The van der Waals surface area contributed by atoms with E-state index in [1.807, 2.05) is 26.8 Å². The number of carboxylic acids is 1. The lowest BCUT2D eigenvalue weighted by Crippen LogP contribution is -2.15. The van der Waals surface area contributed by atoms with E-state index in [0.717, 1.165) is 35.1 Å². The number of hydrogen-bond acceptors (Lipinski definition) is 2. The second kappa shape index (κ2) is 3.76. The maximum absolute atomic E-state index is 10.9. The Labute approximate surface area is 101 Å². The minimum Gasteiger partial charge on any atom is -0.507 e. The molecule has 0 aliphatic heterocycles. The Hall–Kier alpha value is -1.51. The van der Waals surface area contributed by atoms with E-state index in [4.69, 9.17) is 5.11 Å². The molecule has 1 aromatic carbocycles. The lowest BCUT2D eigenvalue weighted by molar-refractivity contribution is -0.137. The largest absolute Gasteiger partial charge is 0.507 e. The molecule has 3 nitrogen and oxygen atoms in total. The van der Waals surface area contributed by atoms with Crippen LogP contribution in [0.3, 0.4) is 0 Å². The van der Waals surface area contributed by atoms with Crippen molar-refractivity contribution < 1.29 is 15.0 Å². The van der Waals surface area contributed by atoms with E-state index in [-0.39, 0.29) is 11.8 Å². The van der Waals surface area contributed by atoms with Crippen LogP contribution in [-0.4, -0.2) is 16.2 Å². The highest BCUT2D eigenvalue weighted by molar-refractivity contribution is 5.71. The Morgan fingerprint density at radius 3 is 2.35 bits per heavy atom. The fraction of sp³-hybridized carbons (Fsp3) is 0.500. The quantitative estimate of drug-likeness (QED) is 0.845. The number of phenolic OH excluding ortho intramolecular Hbond substituents is 1. The van der Waals surface area contributed by atoms with Crippen LogP contribution in [0.25, 0.3) is 0 Å². The average molecular weight is 234 g/mol. The van der Waals surface area contributed by atoms with Crippen LogP contribution < -0.4 is 0 Å². The van der Waals surface area contributed by atoms with Crippen molar-refractivity contribution >= 4 is 5.97 Å². The number of phenols is 1. The topological polar surface area (TPSA) is 57.5 Å². The predicted octanol–water partition coefficient (Wildman–Crippen LogP) is 2.82. The van der Waals surface area contributed by atoms with Gasteiger partial charge in [-0.05, 0) is 50.3 Å². The van der Waals surface area contributed by atoms with Crippen molar-refractivity contribution in [1.82, 2.24) is 0 Å². The number of aliphatic carboxylic acids is 1. The molecule has 17 heavy (non-hydrogen) atoms. The maximum Gasteiger partial charge on any atom is 0.304 e. The summed E-state index contributed by atoms with van der Waals surface area (Å²) >= 11 is 0. The zero-order valence-electron chi connectivity index (χ0n) is 10.5. The predicted molar refractivity (Wildman–Crippen MR) is 65.5 cm³/mol. The van der Waals surface area contributed by atoms with Gasteiger partial charge in [-0.15, -0.1) is 0 Å². The molecule has 0 heterocycles. The fourth-order valence-corrected chi connectivity index (χ4v) is 2.69. The van der Waals surface area contributed by atoms with Gasteiger partial charge in [-0.2, -0.15) is 0 Å². The standard InChI is InChI=1S/C14H18O3/c1-8-6-9(2)12(13(17)10(8)3)14(4-5-14)7-11(15)16/h6,17H,4-5,7H2,1-3H3,(H,15,16). The van der Waals surface area contributed by atoms with Crippen molar-refractivity contribution in [1.29, 1.82) is 0 Å². The van der Waals surface area contributed by atoms with Gasteiger partial charge in [-0.3, -0.25) is 4.79 Å². The molecule has 0 radical (unpaired) electrons. The Kier molecular flexibility index (Phi) is 2.64. The fourth-order valence-electron chi connectivity index (χ4n) is 2.69. The van der Waals surface area contributed by atoms with Gasteiger partial charge in [0.15, 0.2) is 0 Å². The molecule has 0 atom stereocenters. The summed E-state index contributed by atoms with van der Waals surface area (Å²) in [6.45, 7) is 5.79. The molecule has 0 amide bonds. The number of benzene rings is 1. The molecular formula is C14H18O3. The summed E-state index contributed by atoms with van der Waals surface area (Å²) in [4.78, 5) is 10.9. The Morgan fingerprint density at radius 1 is 1.29 bits per heavy atom. The number of hydrogen-bond donors (Lipinski definition) is 2. The third-order valence-electron chi connectivity index (χ3n) is 3.88. The smallest absolute Gasteiger partial charge is 0.304 e. The molecule has 0 saturated heterocycles. The highest BCUT2D eigenvalue weighted by Crippen LogP contribution is 2.55. The summed E-state index contributed by atoms with van der Waals surface area (Å²) < 4.78 is 0. The second-order valence-corrected chi connectivity index (χ2v) is 5.21. The van der Waals surface area contributed by atoms with E-state index in [1.165, 1.54) is 0 Å². The monoisotopic (exact) mass is 234 g/mol. The van der Waals surface area contributed by atoms with Gasteiger partial charge in [-0.1, -0.05) is 6.07 Å². The third kappa shape index (κ3) is 1.90. The molecule has 92 valence electrons. The molecule has 2 N–H and O–H groups in total. The summed E-state index contributed by atoms with van der Waals surface area (Å²) in [6.07, 6.45) is 1.83. The van der Waals surface area contributed by atoms with Gasteiger partial charge < -0.3 is 10.2 Å². The first-order valence-electron chi connectivity index (χ1n) is 5.89. The zero-order valence-corrected chi connectivity index (χ0v) is 10.5. The van der Waals surface area contributed by atoms with Crippen molar-refractivity contribution in [3.8, 4) is 5.75 Å². The van der Waals surface area contributed by atoms with Crippen molar-refractivity contribution in [3.63, 3.8) is 0 Å². The first-order valence-corrected chi connectivity index (χ1v) is 5.89. The highest BCUT2D eigenvalue weighted by Gasteiger charge is 2.48. The van der Waals surface area contributed by atoms with E-state index in [9.17, 15) is 9.90 Å². The van der Waals surface area contributed by atoms with Gasteiger partial charge in [0.25, 0.3) is 0 Å². The molecule has 0 aromatic heterocycles. The van der Waals surface area contributed by atoms with Gasteiger partial charge in [0.2, 0.25) is 0 Å². The van der Waals surface area contributed by atoms with Crippen LogP contribution in [0.1, 0.15) is 41.5 Å². The molecular weight excluding hydrogens is 216 g/mol. The van der Waals surface area contributed by atoms with Crippen LogP contribution in [0.2, 0.25) is 0 Å². The van der Waals surface area contributed by atoms with Gasteiger partial charge in [0.1, 0.15) is 5.75 Å². The van der Waals surface area contributed by atoms with E-state index in [1.54, 1.807) is 0 Å². The molecule has 0 bridgehead atoms. The lowest BCUT2D eigenvalue weighted by atomic mass is 9.85. The van der Waals surface area contributed by atoms with E-state index < -0.39 is 5.97 Å². The Balaban J connectivity index is 2.53. The third-order valence-corrected chi connectivity index (χ3v) is 3.88. The van der Waals surface area contributed by atoms with E-state index in [2.05, 4.69) is 0 Å². The van der Waals surface area contributed by atoms with Gasteiger partial charge in [0, 0.05) is 11.0 Å². The van der Waals surface area contributed by atoms with Crippen LogP contribution >= 0.6 is 0 Å². The lowest BCUT2D eigenvalue weighted by Gasteiger charge is -2.20.